The van der Waals surface area contributed by atoms with E-state index in [0.717, 1.165) is 58.8 Å². The molecule has 0 aromatic carbocycles. The van der Waals surface area contributed by atoms with Gasteiger partial charge < -0.3 is 21.3 Å². The first-order valence-electron chi connectivity index (χ1n) is 5.68. The smallest absolute Gasteiger partial charge is 0.661 e. The maximum absolute atomic E-state index is 4.42. The summed E-state index contributed by atoms with van der Waals surface area (Å²) in [6, 6.07) is 0. The number of nitrogens with zero attached hydrogens (tertiary/aromatic N) is 2. The average molecular weight is 264 g/mol. The van der Waals surface area contributed by atoms with Crippen molar-refractivity contribution in [1.29, 1.82) is 0 Å². The van der Waals surface area contributed by atoms with Gasteiger partial charge in [0, 0.05) is 0 Å². The Morgan fingerprint density at radius 2 is 1.13 bits per heavy atom. The van der Waals surface area contributed by atoms with E-state index in [9.17, 15) is 0 Å². The Kier molecular flexibility index (Phi) is 12.9. The van der Waals surface area contributed by atoms with Crippen molar-refractivity contribution in [3.8, 4) is 0 Å². The summed E-state index contributed by atoms with van der Waals surface area (Å²) < 4.78 is 0. The average Bonchev–Trinajstić information content (AvgIpc) is 2.22. The van der Waals surface area contributed by atoms with Crippen LogP contribution in [0.15, 0.2) is 0 Å². The van der Waals surface area contributed by atoms with Gasteiger partial charge in [0.1, 0.15) is 0 Å². The van der Waals surface area contributed by atoms with Crippen LogP contribution in [0.5, 0.6) is 0 Å². The molecule has 0 radical (unpaired) electrons. The van der Waals surface area contributed by atoms with E-state index in [1.165, 1.54) is 6.42 Å². The molecule has 1 rings (SSSR count). The molecule has 0 spiro atoms. The van der Waals surface area contributed by atoms with E-state index in [0.29, 0.717) is 0 Å². The van der Waals surface area contributed by atoms with Crippen LogP contribution in [0.1, 0.15) is 12.8 Å². The van der Waals surface area contributed by atoms with Crippen molar-refractivity contribution in [1.82, 2.24) is 10.6 Å². The monoisotopic (exact) mass is 262 g/mol. The number of hydrogen-bond donors (Lipinski definition) is 2. The van der Waals surface area contributed by atoms with Crippen LogP contribution in [0.2, 0.25) is 0 Å². The summed E-state index contributed by atoms with van der Waals surface area (Å²) in [4.78, 5) is 0. The minimum absolute atomic E-state index is 0. The minimum atomic E-state index is 0. The molecule has 15 heavy (non-hydrogen) atoms. The van der Waals surface area contributed by atoms with Crippen molar-refractivity contribution in [2.45, 2.75) is 12.8 Å². The molecule has 0 saturated carbocycles. The number of nitrogens with one attached hydrogen (secondary N) is 2. The molecule has 0 aromatic heterocycles. The Hall–Kier alpha value is 0.463. The van der Waals surface area contributed by atoms with Gasteiger partial charge in [0.2, 0.25) is 0 Å². The fourth-order valence-electron chi connectivity index (χ4n) is 1.42. The second kappa shape index (κ2) is 12.5. The van der Waals surface area contributed by atoms with Crippen molar-refractivity contribution in [3.05, 3.63) is 10.6 Å². The second-order valence-electron chi connectivity index (χ2n) is 3.55. The first-order valence-corrected chi connectivity index (χ1v) is 5.68. The maximum Gasteiger partial charge on any atom is 2.00 e. The Morgan fingerprint density at radius 3 is 1.67 bits per heavy atom. The molecule has 84 valence electrons. The molecular weight excluding hydrogens is 242 g/mol. The molecular formula is C10H22N4Zn. The molecule has 4 nitrogen and oxygen atoms in total. The van der Waals surface area contributed by atoms with E-state index in [1.54, 1.807) is 0 Å². The first-order chi connectivity index (χ1) is 7.00. The van der Waals surface area contributed by atoms with E-state index >= 15 is 0 Å². The number of rotatable bonds is 0. The molecule has 5 heteroatoms. The van der Waals surface area contributed by atoms with Crippen LogP contribution < -0.4 is 10.6 Å². The zero-order valence-electron chi connectivity index (χ0n) is 9.67. The fraction of sp³-hybridized carbons (Fsp3) is 1.00. The van der Waals surface area contributed by atoms with Gasteiger partial charge in [-0.2, -0.15) is 13.1 Å². The molecule has 0 bridgehead atoms. The van der Waals surface area contributed by atoms with Gasteiger partial charge >= 0.3 is 19.5 Å². The van der Waals surface area contributed by atoms with Crippen LogP contribution in [0.4, 0.5) is 0 Å². The van der Waals surface area contributed by atoms with E-state index in [-0.39, 0.29) is 19.5 Å². The van der Waals surface area contributed by atoms with Crippen molar-refractivity contribution in [3.63, 3.8) is 0 Å². The Balaban J connectivity index is 0.00000196. The van der Waals surface area contributed by atoms with Crippen LogP contribution in [0.25, 0.3) is 10.6 Å². The van der Waals surface area contributed by atoms with Crippen LogP contribution >= 0.6 is 0 Å². The summed E-state index contributed by atoms with van der Waals surface area (Å²) in [6.07, 6.45) is 2.31. The maximum atomic E-state index is 4.42. The third-order valence-corrected chi connectivity index (χ3v) is 2.23. The third kappa shape index (κ3) is 10.7. The van der Waals surface area contributed by atoms with E-state index < -0.39 is 0 Å². The van der Waals surface area contributed by atoms with Gasteiger partial charge in [0.25, 0.3) is 0 Å². The third-order valence-electron chi connectivity index (χ3n) is 2.23. The molecule has 1 heterocycles. The van der Waals surface area contributed by atoms with Crippen LogP contribution in [-0.2, 0) is 19.5 Å². The summed E-state index contributed by atoms with van der Waals surface area (Å²) >= 11 is 0. The molecule has 0 atom stereocenters. The quantitative estimate of drug-likeness (QED) is 0.633. The molecule has 0 aliphatic carbocycles. The molecule has 2 N–H and O–H groups in total. The topological polar surface area (TPSA) is 52.3 Å². The zero-order chi connectivity index (χ0) is 9.90. The predicted molar refractivity (Wildman–Crippen MR) is 61.2 cm³/mol. The molecule has 0 aromatic rings. The van der Waals surface area contributed by atoms with Gasteiger partial charge in [-0.05, 0) is 32.6 Å². The summed E-state index contributed by atoms with van der Waals surface area (Å²) in [5.74, 6) is 0. The second-order valence-corrected chi connectivity index (χ2v) is 3.55. The standard InChI is InChI=1S/C10H22N4.Zn/c1-3-11-7-9-13-5-2-6-14-10-8-12-4-1;/h11-12H,1-10H2;/q-2;+2. The van der Waals surface area contributed by atoms with Gasteiger partial charge in [-0.1, -0.05) is 6.42 Å². The van der Waals surface area contributed by atoms with Crippen LogP contribution in [0, 0.1) is 0 Å². The van der Waals surface area contributed by atoms with Crippen molar-refractivity contribution >= 4 is 0 Å². The molecule has 1 aliphatic rings. The van der Waals surface area contributed by atoms with Gasteiger partial charge in [-0.15, -0.1) is 13.1 Å². The fourth-order valence-corrected chi connectivity index (χ4v) is 1.42. The van der Waals surface area contributed by atoms with Gasteiger partial charge in [-0.25, -0.2) is 0 Å². The first kappa shape index (κ1) is 15.5. The van der Waals surface area contributed by atoms with E-state index in [2.05, 4.69) is 21.3 Å². The van der Waals surface area contributed by atoms with Crippen molar-refractivity contribution < 1.29 is 19.5 Å². The summed E-state index contributed by atoms with van der Waals surface area (Å²) in [6.45, 7) is 8.09. The molecule has 0 amide bonds. The molecule has 1 saturated heterocycles. The van der Waals surface area contributed by atoms with Crippen molar-refractivity contribution in [2.75, 3.05) is 52.4 Å². The SMILES string of the molecule is C1C[N-]CCNCCCNCC[N-]C1.[Zn+2]. The van der Waals surface area contributed by atoms with Gasteiger partial charge in [0.05, 0.1) is 0 Å². The predicted octanol–water partition coefficient (Wildman–Crippen LogP) is 0.704. The summed E-state index contributed by atoms with van der Waals surface area (Å²) in [7, 11) is 0. The van der Waals surface area contributed by atoms with E-state index in [4.69, 9.17) is 0 Å². The summed E-state index contributed by atoms with van der Waals surface area (Å²) in [5, 5.41) is 15.6. The van der Waals surface area contributed by atoms with Gasteiger partial charge in [-0.3, -0.25) is 0 Å². The van der Waals surface area contributed by atoms with Crippen LogP contribution in [-0.4, -0.2) is 52.4 Å². The normalized spacial score (nSPS) is 22.4. The Bertz CT molecular complexity index is 70.7. The van der Waals surface area contributed by atoms with Gasteiger partial charge in [0.15, 0.2) is 0 Å². The zero-order valence-corrected chi connectivity index (χ0v) is 12.6. The molecule has 0 unspecified atom stereocenters. The minimum Gasteiger partial charge on any atom is -0.661 e. The van der Waals surface area contributed by atoms with Crippen LogP contribution in [0.3, 0.4) is 0 Å². The van der Waals surface area contributed by atoms with Crippen molar-refractivity contribution in [2.24, 2.45) is 0 Å². The number of hydrogen-bond acceptors (Lipinski definition) is 2. The molecule has 1 aliphatic heterocycles. The Morgan fingerprint density at radius 1 is 0.600 bits per heavy atom. The van der Waals surface area contributed by atoms with E-state index in [1.807, 2.05) is 0 Å². The Labute approximate surface area is 106 Å². The summed E-state index contributed by atoms with van der Waals surface area (Å²) in [5.41, 5.74) is 0. The largest absolute Gasteiger partial charge is 2.00 e. The molecule has 1 fully saturated rings.